The first kappa shape index (κ1) is 24.4. The number of anilines is 2. The second-order valence-electron chi connectivity index (χ2n) is 8.40. The summed E-state index contributed by atoms with van der Waals surface area (Å²) < 4.78 is 1.98. The van der Waals surface area contributed by atoms with E-state index in [1.807, 2.05) is 41.8 Å². The molecule has 10 heteroatoms. The van der Waals surface area contributed by atoms with E-state index >= 15 is 0 Å². The number of nitrogen functional groups attached to an aromatic ring is 1. The number of benzene rings is 2. The fourth-order valence-electron chi connectivity index (χ4n) is 3.92. The van der Waals surface area contributed by atoms with Crippen molar-refractivity contribution < 1.29 is 14.7 Å². The van der Waals surface area contributed by atoms with Crippen LogP contribution in [0.25, 0.3) is 11.0 Å². The summed E-state index contributed by atoms with van der Waals surface area (Å²) >= 11 is 0. The fraction of sp³-hybridized carbons (Fsp3) is 0.192. The molecule has 10 nitrogen and oxygen atoms in total. The summed E-state index contributed by atoms with van der Waals surface area (Å²) in [6.07, 6.45) is 1.37. The van der Waals surface area contributed by atoms with Gasteiger partial charge in [0.1, 0.15) is 17.5 Å². The highest BCUT2D eigenvalue weighted by atomic mass is 16.4. The van der Waals surface area contributed by atoms with Crippen LogP contribution in [0.2, 0.25) is 0 Å². The monoisotopic (exact) mass is 485 g/mol. The lowest BCUT2D eigenvalue weighted by Crippen LogP contribution is -2.33. The molecular formula is C26H27N7O3. The van der Waals surface area contributed by atoms with Crippen molar-refractivity contribution in [3.05, 3.63) is 83.8 Å². The van der Waals surface area contributed by atoms with E-state index in [2.05, 4.69) is 4.98 Å². The Bertz CT molecular complexity index is 1420. The largest absolute Gasteiger partial charge is 0.481 e. The normalized spacial score (nSPS) is 10.8. The van der Waals surface area contributed by atoms with Gasteiger partial charge in [-0.25, -0.2) is 9.97 Å². The van der Waals surface area contributed by atoms with E-state index in [1.54, 1.807) is 48.7 Å². The highest BCUT2D eigenvalue weighted by molar-refractivity contribution is 6.07. The number of nitrogens with one attached hydrogen (secondary N) is 1. The Hall–Kier alpha value is -4.73. The molecule has 0 bridgehead atoms. The molecule has 0 aliphatic carbocycles. The fourth-order valence-corrected chi connectivity index (χ4v) is 3.92. The van der Waals surface area contributed by atoms with E-state index in [0.29, 0.717) is 29.0 Å². The lowest BCUT2D eigenvalue weighted by Gasteiger charge is -2.21. The van der Waals surface area contributed by atoms with E-state index < -0.39 is 5.97 Å². The number of hydrogen-bond acceptors (Lipinski definition) is 6. The average Bonchev–Trinajstić information content (AvgIpc) is 3.18. The Labute approximate surface area is 208 Å². The molecule has 0 aliphatic rings. The Morgan fingerprint density at radius 3 is 2.44 bits per heavy atom. The van der Waals surface area contributed by atoms with Crippen LogP contribution < -0.4 is 15.5 Å². The van der Waals surface area contributed by atoms with Crippen LogP contribution in [0.4, 0.5) is 11.5 Å². The quantitative estimate of drug-likeness (QED) is 0.244. The third kappa shape index (κ3) is 5.17. The van der Waals surface area contributed by atoms with E-state index in [0.717, 1.165) is 17.0 Å². The Morgan fingerprint density at radius 2 is 1.81 bits per heavy atom. The van der Waals surface area contributed by atoms with Crippen molar-refractivity contribution in [1.29, 1.82) is 5.41 Å². The zero-order valence-corrected chi connectivity index (χ0v) is 20.0. The van der Waals surface area contributed by atoms with E-state index in [1.165, 1.54) is 4.90 Å². The minimum Gasteiger partial charge on any atom is -0.481 e. The summed E-state index contributed by atoms with van der Waals surface area (Å²) in [5, 5.41) is 16.7. The second kappa shape index (κ2) is 10.3. The van der Waals surface area contributed by atoms with Crippen molar-refractivity contribution >= 4 is 40.3 Å². The molecule has 2 aromatic carbocycles. The molecule has 0 radical (unpaired) electrons. The Morgan fingerprint density at radius 1 is 1.08 bits per heavy atom. The third-order valence-corrected chi connectivity index (χ3v) is 5.94. The molecule has 0 atom stereocenters. The first-order valence-corrected chi connectivity index (χ1v) is 11.3. The van der Waals surface area contributed by atoms with Gasteiger partial charge in [0.05, 0.1) is 24.0 Å². The highest BCUT2D eigenvalue weighted by Gasteiger charge is 2.21. The summed E-state index contributed by atoms with van der Waals surface area (Å²) in [6.45, 7) is 0.524. The smallest absolute Gasteiger partial charge is 0.305 e. The molecule has 0 aliphatic heterocycles. The maximum atomic E-state index is 13.4. The summed E-state index contributed by atoms with van der Waals surface area (Å²) in [7, 11) is 3.87. The Balaban J connectivity index is 1.59. The van der Waals surface area contributed by atoms with Crippen LogP contribution in [0.15, 0.2) is 66.9 Å². The molecular weight excluding hydrogens is 458 g/mol. The standard InChI is InChI=1S/C26H27N7O3/c1-31(19-9-6-17(7-10-19)25(27)28)16-23-30-20-15-18(8-11-21(20)32(23)2)26(36)33(14-12-24(34)35)22-5-3-4-13-29-22/h3-11,13,15H,12,14,16H2,1-2H3,(H3,27,28)(H,34,35). The molecule has 0 saturated heterocycles. The highest BCUT2D eigenvalue weighted by Crippen LogP contribution is 2.22. The van der Waals surface area contributed by atoms with Crippen molar-refractivity contribution in [2.75, 3.05) is 23.4 Å². The van der Waals surface area contributed by atoms with Crippen LogP contribution in [0, 0.1) is 5.41 Å². The van der Waals surface area contributed by atoms with Crippen molar-refractivity contribution in [2.45, 2.75) is 13.0 Å². The van der Waals surface area contributed by atoms with Gasteiger partial charge >= 0.3 is 5.97 Å². The van der Waals surface area contributed by atoms with Crippen LogP contribution in [0.5, 0.6) is 0 Å². The molecule has 2 aromatic heterocycles. The number of carbonyl (C=O) groups is 2. The molecule has 0 fully saturated rings. The van der Waals surface area contributed by atoms with E-state index in [-0.39, 0.29) is 24.7 Å². The second-order valence-corrected chi connectivity index (χ2v) is 8.40. The zero-order valence-electron chi connectivity index (χ0n) is 20.0. The minimum absolute atomic E-state index is 0.00387. The number of hydrogen-bond donors (Lipinski definition) is 3. The number of nitrogens with two attached hydrogens (primary N) is 1. The number of carboxylic acid groups (broad SMARTS) is 1. The number of aliphatic carboxylic acids is 1. The van der Waals surface area contributed by atoms with Gasteiger partial charge in [0, 0.05) is 43.7 Å². The van der Waals surface area contributed by atoms with Crippen LogP contribution >= 0.6 is 0 Å². The number of pyridine rings is 1. The van der Waals surface area contributed by atoms with Crippen molar-refractivity contribution in [1.82, 2.24) is 14.5 Å². The summed E-state index contributed by atoms with van der Waals surface area (Å²) in [4.78, 5) is 36.9. The molecule has 2 heterocycles. The summed E-state index contributed by atoms with van der Waals surface area (Å²) in [5.74, 6) is -0.113. The maximum Gasteiger partial charge on any atom is 0.305 e. The number of fused-ring (bicyclic) bond motifs is 1. The van der Waals surface area contributed by atoms with Gasteiger partial charge in [-0.15, -0.1) is 0 Å². The number of imidazole rings is 1. The number of aryl methyl sites for hydroxylation is 1. The van der Waals surface area contributed by atoms with E-state index in [4.69, 9.17) is 21.2 Å². The number of nitrogens with zero attached hydrogens (tertiary/aromatic N) is 5. The zero-order chi connectivity index (χ0) is 25.8. The lowest BCUT2D eigenvalue weighted by molar-refractivity contribution is -0.136. The number of rotatable bonds is 9. The number of amides is 1. The average molecular weight is 486 g/mol. The third-order valence-electron chi connectivity index (χ3n) is 5.94. The molecule has 4 N–H and O–H groups in total. The molecule has 36 heavy (non-hydrogen) atoms. The molecule has 4 aromatic rings. The van der Waals surface area contributed by atoms with Crippen LogP contribution in [0.3, 0.4) is 0 Å². The molecule has 1 amide bonds. The van der Waals surface area contributed by atoms with Gasteiger partial charge < -0.3 is 20.3 Å². The first-order valence-electron chi connectivity index (χ1n) is 11.3. The van der Waals surface area contributed by atoms with Gasteiger partial charge in [-0.1, -0.05) is 6.07 Å². The van der Waals surface area contributed by atoms with Gasteiger partial charge in [-0.3, -0.25) is 19.9 Å². The summed E-state index contributed by atoms with van der Waals surface area (Å²) in [5.41, 5.74) is 9.09. The molecule has 0 spiro atoms. The SMILES string of the molecule is CN(Cc1nc2cc(C(=O)N(CCC(=O)O)c3ccccn3)ccc2n1C)c1ccc(C(=N)N)cc1. The van der Waals surface area contributed by atoms with E-state index in [9.17, 15) is 9.59 Å². The van der Waals surface area contributed by atoms with Gasteiger partial charge in [0.15, 0.2) is 0 Å². The molecule has 184 valence electrons. The molecule has 0 unspecified atom stereocenters. The lowest BCUT2D eigenvalue weighted by atomic mass is 10.1. The van der Waals surface area contributed by atoms with Crippen molar-refractivity contribution in [3.63, 3.8) is 0 Å². The minimum atomic E-state index is -0.992. The number of aromatic nitrogens is 3. The number of amidine groups is 1. The van der Waals surface area contributed by atoms with Gasteiger partial charge in [0.25, 0.3) is 5.91 Å². The van der Waals surface area contributed by atoms with Gasteiger partial charge in [-0.05, 0) is 54.6 Å². The maximum absolute atomic E-state index is 13.4. The van der Waals surface area contributed by atoms with Crippen LogP contribution in [-0.4, -0.2) is 50.9 Å². The van der Waals surface area contributed by atoms with Crippen LogP contribution in [-0.2, 0) is 18.4 Å². The van der Waals surface area contributed by atoms with Gasteiger partial charge in [-0.2, -0.15) is 0 Å². The molecule has 4 rings (SSSR count). The predicted octanol–water partition coefficient (Wildman–Crippen LogP) is 3.01. The predicted molar refractivity (Wildman–Crippen MR) is 138 cm³/mol. The Kier molecular flexibility index (Phi) is 6.95. The van der Waals surface area contributed by atoms with Gasteiger partial charge in [0.2, 0.25) is 0 Å². The summed E-state index contributed by atoms with van der Waals surface area (Å²) in [6, 6.07) is 17.9. The number of carbonyl (C=O) groups excluding carboxylic acids is 1. The van der Waals surface area contributed by atoms with Crippen molar-refractivity contribution in [3.8, 4) is 0 Å². The van der Waals surface area contributed by atoms with Crippen LogP contribution in [0.1, 0.15) is 28.2 Å². The molecule has 0 saturated carbocycles. The number of carboxylic acids is 1. The topological polar surface area (TPSA) is 141 Å². The van der Waals surface area contributed by atoms with Crippen molar-refractivity contribution in [2.24, 2.45) is 12.8 Å². The first-order chi connectivity index (χ1) is 17.2.